The largest absolute Gasteiger partial charge is 0.378 e. The summed E-state index contributed by atoms with van der Waals surface area (Å²) in [5.74, 6) is 0.722. The highest BCUT2D eigenvalue weighted by atomic mass is 15.1. The van der Waals surface area contributed by atoms with Crippen molar-refractivity contribution in [1.82, 2.24) is 9.97 Å². The fourth-order valence-electron chi connectivity index (χ4n) is 2.72. The molecule has 0 unspecified atom stereocenters. The smallest absolute Gasteiger partial charge is 0.179 e. The Balaban J connectivity index is 1.96. The highest BCUT2D eigenvalue weighted by molar-refractivity contribution is 5.74. The van der Waals surface area contributed by atoms with E-state index in [0.717, 1.165) is 22.7 Å². The Bertz CT molecular complexity index is 1010. The van der Waals surface area contributed by atoms with Crippen LogP contribution in [0.3, 0.4) is 0 Å². The zero-order valence-corrected chi connectivity index (χ0v) is 17.3. The summed E-state index contributed by atoms with van der Waals surface area (Å²) >= 11 is 0. The molecule has 3 aromatic rings. The maximum Gasteiger partial charge on any atom is 0.179 e. The normalized spacial score (nSPS) is 9.93. The topological polar surface area (TPSA) is 104 Å². The molecule has 0 saturated heterocycles. The van der Waals surface area contributed by atoms with Gasteiger partial charge in [0.25, 0.3) is 0 Å². The van der Waals surface area contributed by atoms with Crippen molar-refractivity contribution in [2.75, 3.05) is 48.6 Å². The van der Waals surface area contributed by atoms with E-state index in [2.05, 4.69) is 20.6 Å². The monoisotopic (exact) mass is 398 g/mol. The van der Waals surface area contributed by atoms with E-state index in [1.807, 2.05) is 98.7 Å². The van der Waals surface area contributed by atoms with E-state index in [1.165, 1.54) is 0 Å². The van der Waals surface area contributed by atoms with Gasteiger partial charge in [-0.25, -0.2) is 9.97 Å². The molecule has 0 saturated carbocycles. The van der Waals surface area contributed by atoms with Crippen molar-refractivity contribution in [3.05, 3.63) is 59.9 Å². The molecule has 0 spiro atoms. The fourth-order valence-corrected chi connectivity index (χ4v) is 2.72. The Labute approximate surface area is 176 Å². The molecule has 2 aromatic carbocycles. The van der Waals surface area contributed by atoms with Crippen LogP contribution in [-0.2, 0) is 0 Å². The Morgan fingerprint density at radius 1 is 0.633 bits per heavy atom. The summed E-state index contributed by atoms with van der Waals surface area (Å²) in [6, 6.07) is 19.4. The first-order chi connectivity index (χ1) is 14.4. The zero-order chi connectivity index (χ0) is 21.7. The molecular weight excluding hydrogens is 376 g/mol. The van der Waals surface area contributed by atoms with Gasteiger partial charge in [0.05, 0.1) is 0 Å². The van der Waals surface area contributed by atoms with Crippen molar-refractivity contribution in [2.24, 2.45) is 0 Å². The van der Waals surface area contributed by atoms with Gasteiger partial charge in [-0.05, 0) is 48.5 Å². The minimum Gasteiger partial charge on any atom is -0.378 e. The first-order valence-corrected chi connectivity index (χ1v) is 9.22. The van der Waals surface area contributed by atoms with Crippen molar-refractivity contribution in [3.63, 3.8) is 0 Å². The summed E-state index contributed by atoms with van der Waals surface area (Å²) in [5, 5.41) is 25.1. The van der Waals surface area contributed by atoms with E-state index in [0.29, 0.717) is 11.6 Å². The summed E-state index contributed by atoms with van der Waals surface area (Å²) in [7, 11) is 7.88. The number of nitriles is 2. The van der Waals surface area contributed by atoms with Gasteiger partial charge in [0.15, 0.2) is 23.0 Å². The third-order valence-electron chi connectivity index (χ3n) is 4.40. The first kappa shape index (κ1) is 20.4. The predicted octanol–water partition coefficient (Wildman–Crippen LogP) is 3.84. The number of hydrogen-bond acceptors (Lipinski definition) is 8. The van der Waals surface area contributed by atoms with E-state index in [9.17, 15) is 10.5 Å². The third-order valence-corrected chi connectivity index (χ3v) is 4.40. The van der Waals surface area contributed by atoms with E-state index < -0.39 is 0 Å². The van der Waals surface area contributed by atoms with Crippen molar-refractivity contribution in [3.8, 4) is 12.1 Å². The van der Waals surface area contributed by atoms with Crippen LogP contribution in [0.5, 0.6) is 0 Å². The van der Waals surface area contributed by atoms with Crippen LogP contribution in [-0.4, -0.2) is 38.2 Å². The number of anilines is 6. The molecule has 0 amide bonds. The minimum atomic E-state index is -0.0292. The number of nitrogens with one attached hydrogen (secondary N) is 2. The predicted molar refractivity (Wildman–Crippen MR) is 120 cm³/mol. The first-order valence-electron chi connectivity index (χ1n) is 9.22. The summed E-state index contributed by atoms with van der Waals surface area (Å²) in [5.41, 5.74) is 3.63. The van der Waals surface area contributed by atoms with Gasteiger partial charge in [0, 0.05) is 50.9 Å². The molecule has 0 aliphatic carbocycles. The quantitative estimate of drug-likeness (QED) is 0.645. The number of benzene rings is 2. The molecule has 0 fully saturated rings. The number of hydrogen-bond donors (Lipinski definition) is 2. The summed E-state index contributed by atoms with van der Waals surface area (Å²) in [6.45, 7) is 0. The van der Waals surface area contributed by atoms with Gasteiger partial charge in [-0.1, -0.05) is 0 Å². The number of aromatic nitrogens is 2. The highest BCUT2D eigenvalue weighted by Crippen LogP contribution is 2.28. The Morgan fingerprint density at radius 3 is 1.23 bits per heavy atom. The lowest BCUT2D eigenvalue weighted by Gasteiger charge is -2.16. The van der Waals surface area contributed by atoms with Crippen molar-refractivity contribution in [2.45, 2.75) is 0 Å². The van der Waals surface area contributed by atoms with Crippen LogP contribution in [0.4, 0.5) is 34.4 Å². The molecule has 3 rings (SSSR count). The molecule has 0 bridgehead atoms. The average Bonchev–Trinajstić information content (AvgIpc) is 2.75. The van der Waals surface area contributed by atoms with Crippen LogP contribution in [0, 0.1) is 22.7 Å². The highest BCUT2D eigenvalue weighted by Gasteiger charge is 2.14. The van der Waals surface area contributed by atoms with E-state index in [-0.39, 0.29) is 11.4 Å². The molecule has 0 atom stereocenters. The fraction of sp³-hybridized carbons (Fsp3) is 0.182. The summed E-state index contributed by atoms with van der Waals surface area (Å²) in [6.07, 6.45) is 0. The SMILES string of the molecule is CN(C)c1ccc(Nc2nc(C#N)c(C#N)nc2Nc2ccc(N(C)C)cc2)cc1. The molecule has 30 heavy (non-hydrogen) atoms. The van der Waals surface area contributed by atoms with Crippen LogP contribution in [0.2, 0.25) is 0 Å². The van der Waals surface area contributed by atoms with Gasteiger partial charge < -0.3 is 20.4 Å². The lowest BCUT2D eigenvalue weighted by atomic mass is 10.2. The molecular formula is C22H22N8. The average molecular weight is 398 g/mol. The number of rotatable bonds is 6. The van der Waals surface area contributed by atoms with Crippen molar-refractivity contribution < 1.29 is 0 Å². The Hall–Kier alpha value is -4.30. The summed E-state index contributed by atoms with van der Waals surface area (Å²) < 4.78 is 0. The van der Waals surface area contributed by atoms with E-state index in [1.54, 1.807) is 0 Å². The Kier molecular flexibility index (Phi) is 6.00. The lowest BCUT2D eigenvalue weighted by Crippen LogP contribution is -2.09. The second-order valence-corrected chi connectivity index (χ2v) is 6.97. The standard InChI is InChI=1S/C22H22N8/c1-29(2)17-9-5-15(6-10-17)25-21-22(28-20(14-24)19(13-23)27-21)26-16-7-11-18(12-8-16)30(3)4/h5-12H,1-4H3,(H,25,27)(H,26,28). The molecule has 0 aliphatic heterocycles. The summed E-state index contributed by atoms with van der Waals surface area (Å²) in [4.78, 5) is 12.6. The molecule has 8 nitrogen and oxygen atoms in total. The van der Waals surface area contributed by atoms with Gasteiger partial charge in [0.2, 0.25) is 0 Å². The molecule has 0 aliphatic rings. The number of nitrogens with zero attached hydrogens (tertiary/aromatic N) is 6. The van der Waals surface area contributed by atoms with Crippen LogP contribution in [0.25, 0.3) is 0 Å². The van der Waals surface area contributed by atoms with Crippen molar-refractivity contribution in [1.29, 1.82) is 10.5 Å². The van der Waals surface area contributed by atoms with Gasteiger partial charge in [-0.3, -0.25) is 0 Å². The second-order valence-electron chi connectivity index (χ2n) is 6.97. The third kappa shape index (κ3) is 4.57. The van der Waals surface area contributed by atoms with E-state index in [4.69, 9.17) is 0 Å². The van der Waals surface area contributed by atoms with Gasteiger partial charge in [-0.15, -0.1) is 0 Å². The lowest BCUT2D eigenvalue weighted by molar-refractivity contribution is 1.12. The maximum atomic E-state index is 9.34. The van der Waals surface area contributed by atoms with Crippen molar-refractivity contribution >= 4 is 34.4 Å². The van der Waals surface area contributed by atoms with Gasteiger partial charge in [0.1, 0.15) is 12.1 Å². The maximum absolute atomic E-state index is 9.34. The Morgan fingerprint density at radius 2 is 0.967 bits per heavy atom. The molecule has 1 aromatic heterocycles. The molecule has 1 heterocycles. The van der Waals surface area contributed by atoms with Crippen LogP contribution in [0.1, 0.15) is 11.4 Å². The second kappa shape index (κ2) is 8.80. The van der Waals surface area contributed by atoms with Crippen LogP contribution < -0.4 is 20.4 Å². The molecule has 8 heteroatoms. The van der Waals surface area contributed by atoms with Crippen LogP contribution in [0.15, 0.2) is 48.5 Å². The van der Waals surface area contributed by atoms with E-state index >= 15 is 0 Å². The molecule has 0 radical (unpaired) electrons. The zero-order valence-electron chi connectivity index (χ0n) is 17.3. The minimum absolute atomic E-state index is 0.0292. The van der Waals surface area contributed by atoms with Gasteiger partial charge in [-0.2, -0.15) is 10.5 Å². The van der Waals surface area contributed by atoms with Gasteiger partial charge >= 0.3 is 0 Å². The van der Waals surface area contributed by atoms with Crippen LogP contribution >= 0.6 is 0 Å². The molecule has 150 valence electrons. The molecule has 2 N–H and O–H groups in total.